The van der Waals surface area contributed by atoms with Crippen LogP contribution >= 0.6 is 23.2 Å². The van der Waals surface area contributed by atoms with Gasteiger partial charge in [-0.15, -0.1) is 0 Å². The number of methoxy groups -OCH3 is 1. The molecule has 0 aliphatic carbocycles. The Kier molecular flexibility index (Phi) is 7.36. The van der Waals surface area contributed by atoms with Gasteiger partial charge in [-0.3, -0.25) is 9.59 Å². The Hall–Kier alpha value is -2.28. The second-order valence-corrected chi connectivity index (χ2v) is 7.57. The normalized spacial score (nSPS) is 13.4. The summed E-state index contributed by atoms with van der Waals surface area (Å²) in [6, 6.07) is 10.1. The van der Waals surface area contributed by atoms with Crippen LogP contribution in [0.5, 0.6) is 0 Å². The van der Waals surface area contributed by atoms with Crippen LogP contribution in [0.3, 0.4) is 0 Å². The van der Waals surface area contributed by atoms with E-state index in [1.165, 1.54) is 6.07 Å². The Morgan fingerprint density at radius 2 is 1.79 bits per heavy atom. The number of anilines is 2. The number of benzene rings is 2. The Labute approximate surface area is 180 Å². The van der Waals surface area contributed by atoms with Crippen molar-refractivity contribution in [2.45, 2.75) is 12.8 Å². The Morgan fingerprint density at radius 3 is 2.48 bits per heavy atom. The lowest BCUT2D eigenvalue weighted by atomic mass is 10.1. The number of hydrogen-bond donors (Lipinski definition) is 2. The van der Waals surface area contributed by atoms with Crippen LogP contribution in [0.4, 0.5) is 11.4 Å². The van der Waals surface area contributed by atoms with E-state index in [4.69, 9.17) is 27.9 Å². The molecule has 1 saturated heterocycles. The summed E-state index contributed by atoms with van der Waals surface area (Å²) in [4.78, 5) is 27.5. The Morgan fingerprint density at radius 1 is 1.03 bits per heavy atom. The Bertz CT molecular complexity index is 899. The number of carbonyl (C=O) groups is 2. The van der Waals surface area contributed by atoms with Crippen LogP contribution in [0.1, 0.15) is 33.6 Å². The fourth-order valence-electron chi connectivity index (χ4n) is 3.23. The molecule has 3 rings (SSSR count). The first kappa shape index (κ1) is 21.4. The molecule has 29 heavy (non-hydrogen) atoms. The van der Waals surface area contributed by atoms with Crippen LogP contribution in [0, 0.1) is 0 Å². The van der Waals surface area contributed by atoms with Gasteiger partial charge in [0.1, 0.15) is 0 Å². The van der Waals surface area contributed by atoms with Crippen molar-refractivity contribution in [3.8, 4) is 0 Å². The first-order valence-corrected chi connectivity index (χ1v) is 10.2. The third-order valence-electron chi connectivity index (χ3n) is 4.72. The molecule has 1 aliphatic rings. The summed E-state index contributed by atoms with van der Waals surface area (Å²) in [5.74, 6) is -0.530. The van der Waals surface area contributed by atoms with Gasteiger partial charge in [0.25, 0.3) is 11.8 Å². The van der Waals surface area contributed by atoms with Crippen LogP contribution in [-0.2, 0) is 4.74 Å². The van der Waals surface area contributed by atoms with Crippen LogP contribution in [0.2, 0.25) is 10.0 Å². The van der Waals surface area contributed by atoms with Crippen LogP contribution in [0.25, 0.3) is 0 Å². The van der Waals surface area contributed by atoms with Gasteiger partial charge >= 0.3 is 0 Å². The smallest absolute Gasteiger partial charge is 0.255 e. The van der Waals surface area contributed by atoms with Crippen molar-refractivity contribution in [1.29, 1.82) is 0 Å². The molecule has 1 aliphatic heterocycles. The van der Waals surface area contributed by atoms with Gasteiger partial charge in [-0.05, 0) is 49.2 Å². The van der Waals surface area contributed by atoms with Crippen molar-refractivity contribution in [3.63, 3.8) is 0 Å². The quantitative estimate of drug-likeness (QED) is 0.638. The summed E-state index contributed by atoms with van der Waals surface area (Å²) in [7, 11) is 1.58. The largest absolute Gasteiger partial charge is 0.383 e. The van der Waals surface area contributed by atoms with Gasteiger partial charge in [0.2, 0.25) is 0 Å². The molecule has 8 heteroatoms. The maximum Gasteiger partial charge on any atom is 0.255 e. The minimum Gasteiger partial charge on any atom is -0.383 e. The summed E-state index contributed by atoms with van der Waals surface area (Å²) in [6.07, 6.45) is 2.20. The van der Waals surface area contributed by atoms with E-state index in [0.29, 0.717) is 40.0 Å². The molecule has 154 valence electrons. The van der Waals surface area contributed by atoms with Crippen molar-refractivity contribution >= 4 is 46.4 Å². The molecular formula is C21H23Cl2N3O3. The summed E-state index contributed by atoms with van der Waals surface area (Å²) in [5.41, 5.74) is 2.30. The van der Waals surface area contributed by atoms with Crippen LogP contribution in [-0.4, -0.2) is 45.2 Å². The van der Waals surface area contributed by atoms with Gasteiger partial charge < -0.3 is 20.3 Å². The van der Waals surface area contributed by atoms with Crippen LogP contribution < -0.4 is 15.5 Å². The molecule has 2 aromatic carbocycles. The van der Waals surface area contributed by atoms with Crippen molar-refractivity contribution < 1.29 is 14.3 Å². The third kappa shape index (κ3) is 5.41. The zero-order chi connectivity index (χ0) is 20.8. The molecule has 1 fully saturated rings. The van der Waals surface area contributed by atoms with E-state index in [-0.39, 0.29) is 11.8 Å². The minimum atomic E-state index is -0.330. The van der Waals surface area contributed by atoms with Gasteiger partial charge in [0.15, 0.2) is 0 Å². The highest BCUT2D eigenvalue weighted by Gasteiger charge is 2.20. The van der Waals surface area contributed by atoms with E-state index in [1.54, 1.807) is 31.4 Å². The van der Waals surface area contributed by atoms with Gasteiger partial charge in [-0.25, -0.2) is 0 Å². The number of carbonyl (C=O) groups excluding carboxylic acids is 2. The summed E-state index contributed by atoms with van der Waals surface area (Å²) >= 11 is 11.9. The fourth-order valence-corrected chi connectivity index (χ4v) is 3.53. The number of rotatable bonds is 7. The molecule has 0 spiro atoms. The average molecular weight is 436 g/mol. The van der Waals surface area contributed by atoms with E-state index in [1.807, 2.05) is 6.07 Å². The maximum absolute atomic E-state index is 12.7. The Balaban J connectivity index is 1.83. The summed E-state index contributed by atoms with van der Waals surface area (Å²) < 4.78 is 5.00. The number of halogens is 2. The van der Waals surface area contributed by atoms with E-state index >= 15 is 0 Å². The fraction of sp³-hybridized carbons (Fsp3) is 0.333. The molecule has 2 N–H and O–H groups in total. The average Bonchev–Trinajstić information content (AvgIpc) is 3.24. The van der Waals surface area contributed by atoms with Gasteiger partial charge in [0, 0.05) is 43.7 Å². The highest BCUT2D eigenvalue weighted by molar-refractivity contribution is 6.42. The van der Waals surface area contributed by atoms with Gasteiger partial charge in [0.05, 0.1) is 22.2 Å². The standard InChI is InChI=1S/C21H23Cl2N3O3/c1-29-11-8-24-21(28)16-13-15(5-7-19(16)26-9-2-3-10-26)25-20(27)14-4-6-17(22)18(23)12-14/h4-7,12-13H,2-3,8-11H2,1H3,(H,24,28)(H,25,27). The van der Waals surface area contributed by atoms with Crippen LogP contribution in [0.15, 0.2) is 36.4 Å². The SMILES string of the molecule is COCCNC(=O)c1cc(NC(=O)c2ccc(Cl)c(Cl)c2)ccc1N1CCCC1. The molecule has 6 nitrogen and oxygen atoms in total. The molecular weight excluding hydrogens is 413 g/mol. The lowest BCUT2D eigenvalue weighted by Crippen LogP contribution is -2.30. The van der Waals surface area contributed by atoms with E-state index in [9.17, 15) is 9.59 Å². The van der Waals surface area contributed by atoms with Gasteiger partial charge in [-0.2, -0.15) is 0 Å². The molecule has 0 unspecified atom stereocenters. The van der Waals surface area contributed by atoms with E-state index in [2.05, 4.69) is 15.5 Å². The number of ether oxygens (including phenoxy) is 1. The predicted molar refractivity (Wildman–Crippen MR) is 117 cm³/mol. The monoisotopic (exact) mass is 435 g/mol. The van der Waals surface area contributed by atoms with Crippen molar-refractivity contribution in [1.82, 2.24) is 5.32 Å². The first-order valence-electron chi connectivity index (χ1n) is 9.42. The van der Waals surface area contributed by atoms with E-state index in [0.717, 1.165) is 31.6 Å². The molecule has 0 aromatic heterocycles. The molecule has 2 aromatic rings. The minimum absolute atomic E-state index is 0.199. The second-order valence-electron chi connectivity index (χ2n) is 6.76. The maximum atomic E-state index is 12.7. The lowest BCUT2D eigenvalue weighted by Gasteiger charge is -2.22. The molecule has 1 heterocycles. The predicted octanol–water partition coefficient (Wildman–Crippen LogP) is 4.22. The molecule has 0 bridgehead atoms. The third-order valence-corrected chi connectivity index (χ3v) is 5.46. The molecule has 0 atom stereocenters. The second kappa shape index (κ2) is 9.96. The summed E-state index contributed by atoms with van der Waals surface area (Å²) in [6.45, 7) is 2.66. The number of nitrogens with one attached hydrogen (secondary N) is 2. The van der Waals surface area contributed by atoms with Gasteiger partial charge in [-0.1, -0.05) is 23.2 Å². The summed E-state index contributed by atoms with van der Waals surface area (Å²) in [5, 5.41) is 6.37. The van der Waals surface area contributed by atoms with Crippen molar-refractivity contribution in [2.75, 3.05) is 43.6 Å². The zero-order valence-electron chi connectivity index (χ0n) is 16.1. The topological polar surface area (TPSA) is 70.7 Å². The molecule has 2 amide bonds. The molecule has 0 saturated carbocycles. The highest BCUT2D eigenvalue weighted by Crippen LogP contribution is 2.28. The highest BCUT2D eigenvalue weighted by atomic mass is 35.5. The number of nitrogens with zero attached hydrogens (tertiary/aromatic N) is 1. The first-order chi connectivity index (χ1) is 14.0. The van der Waals surface area contributed by atoms with Crippen molar-refractivity contribution in [2.24, 2.45) is 0 Å². The van der Waals surface area contributed by atoms with E-state index < -0.39 is 0 Å². The van der Waals surface area contributed by atoms with Crippen molar-refractivity contribution in [3.05, 3.63) is 57.6 Å². The molecule has 0 radical (unpaired) electrons. The number of amides is 2. The lowest BCUT2D eigenvalue weighted by molar-refractivity contribution is 0.0936. The number of hydrogen-bond acceptors (Lipinski definition) is 4. The zero-order valence-corrected chi connectivity index (χ0v) is 17.6.